The van der Waals surface area contributed by atoms with Gasteiger partial charge in [-0.25, -0.2) is 4.98 Å². The van der Waals surface area contributed by atoms with Gasteiger partial charge in [-0.1, -0.05) is 35.9 Å². The number of anilines is 1. The number of fused-ring (bicyclic) bond motifs is 1. The third-order valence-corrected chi connectivity index (χ3v) is 3.32. The van der Waals surface area contributed by atoms with Crippen molar-refractivity contribution in [1.82, 2.24) is 9.55 Å². The van der Waals surface area contributed by atoms with Gasteiger partial charge in [0, 0.05) is 0 Å². The second-order valence-corrected chi connectivity index (χ2v) is 4.80. The molecule has 1 aromatic heterocycles. The molecule has 20 heavy (non-hydrogen) atoms. The average Bonchev–Trinajstić information content (AvgIpc) is 2.85. The molecule has 1 N–H and O–H groups in total. The molecule has 4 nitrogen and oxygen atoms in total. The van der Waals surface area contributed by atoms with Crippen molar-refractivity contribution in [2.24, 2.45) is 0 Å². The van der Waals surface area contributed by atoms with Crippen LogP contribution in [0.1, 0.15) is 0 Å². The van der Waals surface area contributed by atoms with Crippen LogP contribution in [-0.2, 0) is 11.3 Å². The average molecular weight is 286 g/mol. The Hall–Kier alpha value is -2.33. The first-order chi connectivity index (χ1) is 9.74. The summed E-state index contributed by atoms with van der Waals surface area (Å²) in [5.41, 5.74) is 2.42. The number of para-hydroxylation sites is 3. The van der Waals surface area contributed by atoms with Crippen LogP contribution in [0.4, 0.5) is 5.69 Å². The second kappa shape index (κ2) is 5.35. The van der Waals surface area contributed by atoms with E-state index in [4.69, 9.17) is 11.6 Å². The fourth-order valence-electron chi connectivity index (χ4n) is 2.04. The number of carbonyl (C=O) groups is 1. The van der Waals surface area contributed by atoms with E-state index in [1.807, 2.05) is 41.0 Å². The second-order valence-electron chi connectivity index (χ2n) is 4.39. The minimum atomic E-state index is -0.138. The van der Waals surface area contributed by atoms with Crippen LogP contribution in [0.15, 0.2) is 54.9 Å². The number of hydrogen-bond acceptors (Lipinski definition) is 2. The topological polar surface area (TPSA) is 46.9 Å². The maximum atomic E-state index is 12.1. The van der Waals surface area contributed by atoms with Gasteiger partial charge in [0.05, 0.1) is 28.1 Å². The Kier molecular flexibility index (Phi) is 3.39. The maximum Gasteiger partial charge on any atom is 0.244 e. The summed E-state index contributed by atoms with van der Waals surface area (Å²) in [6.45, 7) is 0.200. The van der Waals surface area contributed by atoms with E-state index in [0.717, 1.165) is 11.0 Å². The number of carbonyl (C=O) groups excluding carboxylic acids is 1. The highest BCUT2D eigenvalue weighted by molar-refractivity contribution is 6.33. The molecular weight excluding hydrogens is 274 g/mol. The summed E-state index contributed by atoms with van der Waals surface area (Å²) in [5, 5.41) is 3.32. The smallest absolute Gasteiger partial charge is 0.244 e. The number of nitrogens with zero attached hydrogens (tertiary/aromatic N) is 2. The predicted molar refractivity (Wildman–Crippen MR) is 79.8 cm³/mol. The van der Waals surface area contributed by atoms with Crippen molar-refractivity contribution in [2.75, 3.05) is 5.32 Å². The van der Waals surface area contributed by atoms with Gasteiger partial charge in [-0.05, 0) is 24.3 Å². The molecule has 0 bridgehead atoms. The van der Waals surface area contributed by atoms with Crippen LogP contribution in [0.2, 0.25) is 5.02 Å². The Morgan fingerprint density at radius 2 is 1.90 bits per heavy atom. The number of hydrogen-bond donors (Lipinski definition) is 1. The molecule has 0 aliphatic rings. The molecule has 0 spiro atoms. The van der Waals surface area contributed by atoms with Gasteiger partial charge >= 0.3 is 0 Å². The number of nitrogens with one attached hydrogen (secondary N) is 1. The largest absolute Gasteiger partial charge is 0.323 e. The van der Waals surface area contributed by atoms with E-state index in [0.29, 0.717) is 10.7 Å². The van der Waals surface area contributed by atoms with Crippen molar-refractivity contribution >= 4 is 34.2 Å². The summed E-state index contributed by atoms with van der Waals surface area (Å²) in [6, 6.07) is 14.9. The molecule has 3 aromatic rings. The Labute approximate surface area is 121 Å². The van der Waals surface area contributed by atoms with Gasteiger partial charge in [-0.2, -0.15) is 0 Å². The van der Waals surface area contributed by atoms with E-state index in [1.54, 1.807) is 18.5 Å². The van der Waals surface area contributed by atoms with Crippen LogP contribution in [0.3, 0.4) is 0 Å². The first-order valence-electron chi connectivity index (χ1n) is 6.18. The molecule has 0 saturated carbocycles. The minimum absolute atomic E-state index is 0.138. The highest BCUT2D eigenvalue weighted by Gasteiger charge is 2.08. The quantitative estimate of drug-likeness (QED) is 0.802. The van der Waals surface area contributed by atoms with Crippen LogP contribution < -0.4 is 5.32 Å². The van der Waals surface area contributed by atoms with E-state index in [-0.39, 0.29) is 12.5 Å². The zero-order valence-electron chi connectivity index (χ0n) is 10.6. The SMILES string of the molecule is O=C(Cn1cnc2ccccc21)Nc1ccccc1Cl. The van der Waals surface area contributed by atoms with Crippen LogP contribution in [-0.4, -0.2) is 15.5 Å². The molecule has 0 atom stereocenters. The van der Waals surface area contributed by atoms with E-state index in [1.165, 1.54) is 0 Å². The van der Waals surface area contributed by atoms with Gasteiger partial charge in [0.25, 0.3) is 0 Å². The highest BCUT2D eigenvalue weighted by Crippen LogP contribution is 2.20. The first kappa shape index (κ1) is 12.7. The lowest BCUT2D eigenvalue weighted by molar-refractivity contribution is -0.116. The molecular formula is C15H12ClN3O. The Bertz CT molecular complexity index is 766. The molecule has 0 radical (unpaired) electrons. The normalized spacial score (nSPS) is 10.7. The molecule has 0 aliphatic heterocycles. The molecule has 100 valence electrons. The van der Waals surface area contributed by atoms with Crippen LogP contribution in [0.5, 0.6) is 0 Å². The molecule has 0 saturated heterocycles. The molecule has 0 unspecified atom stereocenters. The number of amides is 1. The van der Waals surface area contributed by atoms with Crippen LogP contribution in [0.25, 0.3) is 11.0 Å². The maximum absolute atomic E-state index is 12.1. The summed E-state index contributed by atoms with van der Waals surface area (Å²) in [7, 11) is 0. The van der Waals surface area contributed by atoms with Crippen molar-refractivity contribution in [3.05, 3.63) is 59.9 Å². The first-order valence-corrected chi connectivity index (χ1v) is 6.56. The lowest BCUT2D eigenvalue weighted by Crippen LogP contribution is -2.18. The van der Waals surface area contributed by atoms with Gasteiger partial charge in [-0.3, -0.25) is 4.79 Å². The van der Waals surface area contributed by atoms with Crippen molar-refractivity contribution in [3.63, 3.8) is 0 Å². The third kappa shape index (κ3) is 2.51. The zero-order valence-corrected chi connectivity index (χ0v) is 11.3. The van der Waals surface area contributed by atoms with E-state index >= 15 is 0 Å². The highest BCUT2D eigenvalue weighted by atomic mass is 35.5. The van der Waals surface area contributed by atoms with E-state index in [9.17, 15) is 4.79 Å². The van der Waals surface area contributed by atoms with Crippen molar-refractivity contribution < 1.29 is 4.79 Å². The van der Waals surface area contributed by atoms with Gasteiger partial charge in [0.1, 0.15) is 6.54 Å². The van der Waals surface area contributed by atoms with Crippen molar-refractivity contribution in [1.29, 1.82) is 0 Å². The Morgan fingerprint density at radius 3 is 2.75 bits per heavy atom. The molecule has 3 rings (SSSR count). The number of imidazole rings is 1. The van der Waals surface area contributed by atoms with Gasteiger partial charge in [-0.15, -0.1) is 0 Å². The monoisotopic (exact) mass is 285 g/mol. The summed E-state index contributed by atoms with van der Waals surface area (Å²) in [5.74, 6) is -0.138. The van der Waals surface area contributed by atoms with E-state index in [2.05, 4.69) is 10.3 Å². The lowest BCUT2D eigenvalue weighted by atomic mass is 10.3. The lowest BCUT2D eigenvalue weighted by Gasteiger charge is -2.08. The molecule has 2 aromatic carbocycles. The summed E-state index contributed by atoms with van der Waals surface area (Å²) < 4.78 is 1.81. The number of benzene rings is 2. The van der Waals surface area contributed by atoms with Crippen molar-refractivity contribution in [3.8, 4) is 0 Å². The molecule has 0 aliphatic carbocycles. The Morgan fingerprint density at radius 1 is 1.15 bits per heavy atom. The summed E-state index contributed by atoms with van der Waals surface area (Å²) in [4.78, 5) is 16.3. The number of halogens is 1. The zero-order chi connectivity index (χ0) is 13.9. The van der Waals surface area contributed by atoms with Crippen LogP contribution >= 0.6 is 11.6 Å². The summed E-state index contributed by atoms with van der Waals surface area (Å²) >= 11 is 6.01. The molecule has 1 amide bonds. The van der Waals surface area contributed by atoms with Gasteiger partial charge in [0.15, 0.2) is 0 Å². The number of rotatable bonds is 3. The third-order valence-electron chi connectivity index (χ3n) is 2.99. The van der Waals surface area contributed by atoms with Gasteiger partial charge in [0.2, 0.25) is 5.91 Å². The molecule has 5 heteroatoms. The standard InChI is InChI=1S/C15H12ClN3O/c16-11-5-1-2-6-12(11)18-15(20)9-19-10-17-13-7-3-4-8-14(13)19/h1-8,10H,9H2,(H,18,20). The predicted octanol–water partition coefficient (Wildman–Crippen LogP) is 3.33. The van der Waals surface area contributed by atoms with Crippen LogP contribution in [0, 0.1) is 0 Å². The number of aromatic nitrogens is 2. The van der Waals surface area contributed by atoms with E-state index < -0.39 is 0 Å². The van der Waals surface area contributed by atoms with Gasteiger partial charge < -0.3 is 9.88 Å². The minimum Gasteiger partial charge on any atom is -0.323 e. The summed E-state index contributed by atoms with van der Waals surface area (Å²) in [6.07, 6.45) is 1.66. The Balaban J connectivity index is 1.78. The molecule has 0 fully saturated rings. The fourth-order valence-corrected chi connectivity index (χ4v) is 2.23. The fraction of sp³-hybridized carbons (Fsp3) is 0.0667. The van der Waals surface area contributed by atoms with Crippen molar-refractivity contribution in [2.45, 2.75) is 6.54 Å². The molecule has 1 heterocycles.